The van der Waals surface area contributed by atoms with Gasteiger partial charge in [0.1, 0.15) is 11.5 Å². The van der Waals surface area contributed by atoms with E-state index in [-0.39, 0.29) is 22.3 Å². The van der Waals surface area contributed by atoms with Crippen LogP contribution in [0.3, 0.4) is 0 Å². The summed E-state index contributed by atoms with van der Waals surface area (Å²) in [6.07, 6.45) is 5.76. The Morgan fingerprint density at radius 1 is 0.690 bits per heavy atom. The molecule has 0 spiro atoms. The highest BCUT2D eigenvalue weighted by Gasteiger charge is 2.28. The second-order valence-corrected chi connectivity index (χ2v) is 9.86. The second-order valence-electron chi connectivity index (χ2n) is 9.86. The van der Waals surface area contributed by atoms with Crippen molar-refractivity contribution in [2.24, 2.45) is 0 Å². The number of hydrogen-bond acceptors (Lipinski definition) is 2. The van der Waals surface area contributed by atoms with Crippen LogP contribution in [-0.4, -0.2) is 10.2 Å². The molecular weight excluding hydrogens is 356 g/mol. The quantitative estimate of drug-likeness (QED) is 0.534. The first kappa shape index (κ1) is 22.8. The first-order valence-corrected chi connectivity index (χ1v) is 10.3. The summed E-state index contributed by atoms with van der Waals surface area (Å²) in [5.41, 5.74) is 6.06. The molecule has 2 aromatic rings. The Morgan fingerprint density at radius 2 is 1.03 bits per heavy atom. The Balaban J connectivity index is 2.81. The van der Waals surface area contributed by atoms with Crippen molar-refractivity contribution >= 4 is 0 Å². The van der Waals surface area contributed by atoms with Crippen LogP contribution in [-0.2, 0) is 30.1 Å². The third-order valence-electron chi connectivity index (χ3n) is 5.33. The molecular formula is C27H36O2. The predicted octanol–water partition coefficient (Wildman–Crippen LogP) is 6.74. The maximum Gasteiger partial charge on any atom is 0.119 e. The van der Waals surface area contributed by atoms with Crippen LogP contribution in [0.1, 0.15) is 74.9 Å². The minimum absolute atomic E-state index is 0.150. The molecule has 0 saturated heterocycles. The van der Waals surface area contributed by atoms with Gasteiger partial charge < -0.3 is 10.2 Å². The van der Waals surface area contributed by atoms with Gasteiger partial charge in [0.2, 0.25) is 0 Å². The van der Waals surface area contributed by atoms with Crippen molar-refractivity contribution in [2.45, 2.75) is 71.6 Å². The molecule has 0 fully saturated rings. The van der Waals surface area contributed by atoms with Crippen molar-refractivity contribution < 1.29 is 10.2 Å². The monoisotopic (exact) mass is 392 g/mol. The van der Waals surface area contributed by atoms with Crippen LogP contribution in [0.25, 0.3) is 0 Å². The number of aromatic hydroxyl groups is 2. The molecule has 0 aliphatic carbocycles. The maximum absolute atomic E-state index is 10.8. The SMILES string of the molecule is C=CCc1ccc(O)c(Cc2c(O)ccc(CC=C)c2C(C)(C)C)c1C(C)(C)C. The highest BCUT2D eigenvalue weighted by atomic mass is 16.3. The summed E-state index contributed by atoms with van der Waals surface area (Å²) in [7, 11) is 0. The fourth-order valence-corrected chi connectivity index (χ4v) is 4.43. The molecule has 2 rings (SSSR count). The molecule has 156 valence electrons. The van der Waals surface area contributed by atoms with Gasteiger partial charge in [-0.3, -0.25) is 0 Å². The third-order valence-corrected chi connectivity index (χ3v) is 5.33. The van der Waals surface area contributed by atoms with Gasteiger partial charge in [-0.2, -0.15) is 0 Å². The first-order valence-electron chi connectivity index (χ1n) is 10.3. The van der Waals surface area contributed by atoms with Crippen molar-refractivity contribution in [2.75, 3.05) is 0 Å². The van der Waals surface area contributed by atoms with E-state index in [2.05, 4.69) is 54.7 Å². The largest absolute Gasteiger partial charge is 0.508 e. The van der Waals surface area contributed by atoms with Crippen molar-refractivity contribution in [3.05, 3.63) is 83.0 Å². The van der Waals surface area contributed by atoms with Gasteiger partial charge in [-0.05, 0) is 58.1 Å². The summed E-state index contributed by atoms with van der Waals surface area (Å²) in [5.74, 6) is 0.548. The summed E-state index contributed by atoms with van der Waals surface area (Å²) in [6.45, 7) is 20.8. The molecule has 2 N–H and O–H groups in total. The molecule has 0 bridgehead atoms. The number of phenolic OH excluding ortho intramolecular Hbond substituents is 2. The topological polar surface area (TPSA) is 40.5 Å². The zero-order valence-electron chi connectivity index (χ0n) is 18.9. The van der Waals surface area contributed by atoms with Crippen molar-refractivity contribution in [1.82, 2.24) is 0 Å². The predicted molar refractivity (Wildman–Crippen MR) is 124 cm³/mol. The molecule has 29 heavy (non-hydrogen) atoms. The van der Waals surface area contributed by atoms with Gasteiger partial charge in [0, 0.05) is 17.5 Å². The highest BCUT2D eigenvalue weighted by Crippen LogP contribution is 2.41. The van der Waals surface area contributed by atoms with Crippen LogP contribution >= 0.6 is 0 Å². The van der Waals surface area contributed by atoms with Gasteiger partial charge in [0.25, 0.3) is 0 Å². The molecule has 0 atom stereocenters. The summed E-state index contributed by atoms with van der Waals surface area (Å²) in [5, 5.41) is 21.7. The van der Waals surface area contributed by atoms with E-state index >= 15 is 0 Å². The maximum atomic E-state index is 10.8. The molecule has 0 radical (unpaired) electrons. The minimum Gasteiger partial charge on any atom is -0.508 e. The summed E-state index contributed by atoms with van der Waals surface area (Å²) < 4.78 is 0. The van der Waals surface area contributed by atoms with E-state index in [9.17, 15) is 10.2 Å². The molecule has 0 unspecified atom stereocenters. The molecule has 0 saturated carbocycles. The normalized spacial score (nSPS) is 12.1. The molecule has 0 aliphatic heterocycles. The van der Waals surface area contributed by atoms with Crippen molar-refractivity contribution in [3.63, 3.8) is 0 Å². The van der Waals surface area contributed by atoms with Crippen LogP contribution in [0, 0.1) is 0 Å². The Morgan fingerprint density at radius 3 is 1.31 bits per heavy atom. The standard InChI is InChI=1S/C27H36O2/c1-9-11-18-13-15-22(28)20(24(18)26(3,4)5)17-21-23(29)16-14-19(12-10-2)25(21)27(6,7)8/h9-10,13-16,28-29H,1-2,11-12,17H2,3-8H3. The lowest BCUT2D eigenvalue weighted by Crippen LogP contribution is -2.20. The van der Waals surface area contributed by atoms with Gasteiger partial charge in [-0.15, -0.1) is 13.2 Å². The van der Waals surface area contributed by atoms with E-state index < -0.39 is 0 Å². The highest BCUT2D eigenvalue weighted by molar-refractivity contribution is 5.56. The van der Waals surface area contributed by atoms with E-state index in [1.807, 2.05) is 24.3 Å². The number of hydrogen-bond donors (Lipinski definition) is 2. The zero-order valence-corrected chi connectivity index (χ0v) is 18.9. The minimum atomic E-state index is -0.150. The summed E-state index contributed by atoms with van der Waals surface area (Å²) in [6, 6.07) is 7.51. The zero-order chi connectivity index (χ0) is 22.0. The van der Waals surface area contributed by atoms with Gasteiger partial charge in [-0.1, -0.05) is 65.8 Å². The molecule has 0 amide bonds. The van der Waals surface area contributed by atoms with E-state index in [0.717, 1.165) is 35.1 Å². The van der Waals surface area contributed by atoms with Gasteiger partial charge in [0.05, 0.1) is 0 Å². The van der Waals surface area contributed by atoms with Crippen LogP contribution in [0.4, 0.5) is 0 Å². The van der Waals surface area contributed by atoms with Crippen LogP contribution in [0.15, 0.2) is 49.6 Å². The average molecular weight is 393 g/mol. The van der Waals surface area contributed by atoms with Crippen LogP contribution < -0.4 is 0 Å². The molecule has 2 nitrogen and oxygen atoms in total. The fourth-order valence-electron chi connectivity index (χ4n) is 4.43. The molecule has 0 aromatic heterocycles. The van der Waals surface area contributed by atoms with E-state index in [0.29, 0.717) is 6.42 Å². The lowest BCUT2D eigenvalue weighted by atomic mass is 9.75. The number of benzene rings is 2. The second kappa shape index (κ2) is 8.49. The van der Waals surface area contributed by atoms with Crippen molar-refractivity contribution in [1.29, 1.82) is 0 Å². The van der Waals surface area contributed by atoms with Gasteiger partial charge in [0.15, 0.2) is 0 Å². The van der Waals surface area contributed by atoms with E-state index in [4.69, 9.17) is 0 Å². The Bertz CT molecular complexity index is 830. The number of rotatable bonds is 6. The van der Waals surface area contributed by atoms with E-state index in [1.54, 1.807) is 12.1 Å². The smallest absolute Gasteiger partial charge is 0.119 e. The van der Waals surface area contributed by atoms with Crippen LogP contribution in [0.2, 0.25) is 0 Å². The summed E-state index contributed by atoms with van der Waals surface area (Å²) >= 11 is 0. The first-order chi connectivity index (χ1) is 13.4. The molecule has 0 aliphatic rings. The Labute approximate surface area is 176 Å². The third kappa shape index (κ3) is 4.93. The lowest BCUT2D eigenvalue weighted by Gasteiger charge is -2.30. The fraction of sp³-hybridized carbons (Fsp3) is 0.407. The van der Waals surface area contributed by atoms with Crippen LogP contribution in [0.5, 0.6) is 11.5 Å². The summed E-state index contributed by atoms with van der Waals surface area (Å²) in [4.78, 5) is 0. The lowest BCUT2D eigenvalue weighted by molar-refractivity contribution is 0.453. The molecule has 2 aromatic carbocycles. The van der Waals surface area contributed by atoms with E-state index in [1.165, 1.54) is 11.1 Å². The molecule has 0 heterocycles. The van der Waals surface area contributed by atoms with Crippen molar-refractivity contribution in [3.8, 4) is 11.5 Å². The molecule has 2 heteroatoms. The van der Waals surface area contributed by atoms with Gasteiger partial charge >= 0.3 is 0 Å². The number of phenols is 2. The average Bonchev–Trinajstić information content (AvgIpc) is 2.58. The van der Waals surface area contributed by atoms with Gasteiger partial charge in [-0.25, -0.2) is 0 Å². The Kier molecular flexibility index (Phi) is 6.67. The Hall–Kier alpha value is -2.48. The number of allylic oxidation sites excluding steroid dienone is 2.